The van der Waals surface area contributed by atoms with Gasteiger partial charge in [-0.05, 0) is 50.9 Å². The summed E-state index contributed by atoms with van der Waals surface area (Å²) in [6.45, 7) is 5.98. The molecule has 0 amide bonds. The Morgan fingerprint density at radius 2 is 1.81 bits per heavy atom. The monoisotopic (exact) mass is 511 g/mol. The van der Waals surface area contributed by atoms with Gasteiger partial charge >= 0.3 is 0 Å². The highest BCUT2D eigenvalue weighted by Crippen LogP contribution is 2.28. The van der Waals surface area contributed by atoms with E-state index >= 15 is 0 Å². The zero-order valence-corrected chi connectivity index (χ0v) is 21.8. The van der Waals surface area contributed by atoms with Crippen LogP contribution in [-0.2, 0) is 15.6 Å². The summed E-state index contributed by atoms with van der Waals surface area (Å²) in [6, 6.07) is 15.7. The van der Waals surface area contributed by atoms with E-state index in [1.807, 2.05) is 25.1 Å². The highest BCUT2D eigenvalue weighted by molar-refractivity contribution is 7.98. The Labute approximate surface area is 211 Å². The first-order valence-electron chi connectivity index (χ1n) is 11.7. The normalized spacial score (nSPS) is 13.8. The molecule has 0 radical (unpaired) electrons. The molecule has 0 spiro atoms. The van der Waals surface area contributed by atoms with Crippen LogP contribution in [0.3, 0.4) is 0 Å². The molecule has 0 fully saturated rings. The van der Waals surface area contributed by atoms with E-state index in [0.29, 0.717) is 24.4 Å². The number of rotatable bonds is 9. The van der Waals surface area contributed by atoms with Crippen molar-refractivity contribution in [3.8, 4) is 11.3 Å². The molecule has 2 heterocycles. The molecule has 2 aromatic carbocycles. The highest BCUT2D eigenvalue weighted by Gasteiger charge is 2.24. The van der Waals surface area contributed by atoms with Gasteiger partial charge in [-0.3, -0.25) is 0 Å². The molecule has 0 aliphatic carbocycles. The van der Waals surface area contributed by atoms with Crippen molar-refractivity contribution in [3.63, 3.8) is 0 Å². The van der Waals surface area contributed by atoms with Crippen molar-refractivity contribution in [3.05, 3.63) is 77.5 Å². The van der Waals surface area contributed by atoms with Gasteiger partial charge in [0.05, 0.1) is 21.6 Å². The Hall–Kier alpha value is -3.30. The second-order valence-corrected chi connectivity index (χ2v) is 11.5. The van der Waals surface area contributed by atoms with Crippen LogP contribution in [-0.4, -0.2) is 49.1 Å². The lowest BCUT2D eigenvalue weighted by atomic mass is 10.1. The number of nitrogens with zero attached hydrogens (tertiary/aromatic N) is 4. The van der Waals surface area contributed by atoms with Crippen LogP contribution < -0.4 is 5.32 Å². The van der Waals surface area contributed by atoms with Crippen molar-refractivity contribution in [2.45, 2.75) is 38.0 Å². The second kappa shape index (κ2) is 9.99. The molecule has 0 saturated carbocycles. The van der Waals surface area contributed by atoms with Crippen LogP contribution in [0, 0.1) is 13.8 Å². The third-order valence-corrected chi connectivity index (χ3v) is 8.46. The summed E-state index contributed by atoms with van der Waals surface area (Å²) >= 11 is 0. The molecule has 4 rings (SSSR count). The number of fused-ring (bicyclic) bond motifs is 1. The molecule has 2 aromatic heterocycles. The molecule has 1 atom stereocenters. The number of hydrogen-bond acceptors (Lipinski definition) is 4. The summed E-state index contributed by atoms with van der Waals surface area (Å²) in [5.41, 5.74) is 4.72. The first-order chi connectivity index (χ1) is 17.0. The molecule has 4 aromatic rings. The molecule has 0 saturated heterocycles. The van der Waals surface area contributed by atoms with Gasteiger partial charge in [0.2, 0.25) is 0 Å². The van der Waals surface area contributed by atoms with E-state index in [2.05, 4.69) is 35.3 Å². The van der Waals surface area contributed by atoms with E-state index in [9.17, 15) is 13.0 Å². The quantitative estimate of drug-likeness (QED) is 0.236. The van der Waals surface area contributed by atoms with Crippen LogP contribution in [0.25, 0.3) is 16.9 Å². The van der Waals surface area contributed by atoms with Crippen LogP contribution in [0.1, 0.15) is 30.0 Å². The summed E-state index contributed by atoms with van der Waals surface area (Å²) in [5, 5.41) is 7.90. The van der Waals surface area contributed by atoms with Gasteiger partial charge in [-0.2, -0.15) is 9.61 Å². The molecular formula is C27H31F2N5OS. The van der Waals surface area contributed by atoms with Gasteiger partial charge in [0.15, 0.2) is 5.65 Å². The Morgan fingerprint density at radius 1 is 1.11 bits per heavy atom. The van der Waals surface area contributed by atoms with E-state index < -0.39 is 15.6 Å². The van der Waals surface area contributed by atoms with Crippen molar-refractivity contribution in [2.75, 3.05) is 25.5 Å². The largest absolute Gasteiger partial charge is 0.370 e. The predicted octanol–water partition coefficient (Wildman–Crippen LogP) is 5.55. The maximum atomic E-state index is 13.5. The summed E-state index contributed by atoms with van der Waals surface area (Å²) in [4.78, 5) is 5.26. The first-order valence-corrected chi connectivity index (χ1v) is 13.4. The van der Waals surface area contributed by atoms with Gasteiger partial charge in [-0.25, -0.2) is 22.3 Å². The van der Waals surface area contributed by atoms with Crippen molar-refractivity contribution in [1.29, 1.82) is 0 Å². The van der Waals surface area contributed by atoms with Gasteiger partial charge in [0, 0.05) is 47.7 Å². The number of nitrogens with one attached hydrogen (secondary N) is 1. The van der Waals surface area contributed by atoms with Gasteiger partial charge in [0.1, 0.15) is 5.82 Å². The minimum absolute atomic E-state index is 0.115. The molecule has 190 valence electrons. The van der Waals surface area contributed by atoms with Crippen molar-refractivity contribution >= 4 is 27.0 Å². The third-order valence-electron chi connectivity index (χ3n) is 6.26. The number of anilines is 1. The Bertz CT molecular complexity index is 1470. The van der Waals surface area contributed by atoms with E-state index in [1.165, 1.54) is 24.3 Å². The van der Waals surface area contributed by atoms with E-state index in [4.69, 9.17) is 4.98 Å². The lowest BCUT2D eigenvalue weighted by molar-refractivity contribution is 0.0174. The average Bonchev–Trinajstić information content (AvgIpc) is 3.22. The summed E-state index contributed by atoms with van der Waals surface area (Å²) in [6.07, 6.45) is 2.47. The maximum Gasteiger partial charge on any atom is 0.270 e. The minimum atomic E-state index is -2.94. The van der Waals surface area contributed by atoms with Crippen LogP contribution in [0.5, 0.6) is 0 Å². The Kier molecular flexibility index (Phi) is 7.15. The van der Waals surface area contributed by atoms with Gasteiger partial charge < -0.3 is 5.32 Å². The predicted molar refractivity (Wildman–Crippen MR) is 143 cm³/mol. The number of aromatic nitrogens is 3. The van der Waals surface area contributed by atoms with Crippen LogP contribution in [0.15, 0.2) is 65.7 Å². The maximum absolute atomic E-state index is 13.5. The van der Waals surface area contributed by atoms with Gasteiger partial charge in [-0.15, -0.1) is 0 Å². The summed E-state index contributed by atoms with van der Waals surface area (Å²) < 4.78 is 43.8. The summed E-state index contributed by atoms with van der Waals surface area (Å²) in [7, 11) is -1.06. The molecule has 36 heavy (non-hydrogen) atoms. The smallest absolute Gasteiger partial charge is 0.270 e. The minimum Gasteiger partial charge on any atom is -0.370 e. The number of hydrogen-bond donors (Lipinski definition) is 1. The molecule has 0 aliphatic rings. The average molecular weight is 512 g/mol. The van der Waals surface area contributed by atoms with Crippen LogP contribution in [0.2, 0.25) is 0 Å². The molecular weight excluding hydrogens is 480 g/mol. The lowest BCUT2D eigenvalue weighted by Crippen LogP contribution is -2.29. The zero-order valence-electron chi connectivity index (χ0n) is 21.0. The molecule has 1 unspecified atom stereocenters. The van der Waals surface area contributed by atoms with Crippen molar-refractivity contribution in [2.24, 2.45) is 0 Å². The second-order valence-electron chi connectivity index (χ2n) is 9.09. The third kappa shape index (κ3) is 5.27. The Balaban J connectivity index is 1.45. The van der Waals surface area contributed by atoms with Gasteiger partial charge in [0.25, 0.3) is 5.92 Å². The van der Waals surface area contributed by atoms with Crippen LogP contribution >= 0.6 is 0 Å². The fraction of sp³-hybridized carbons (Fsp3) is 0.296. The lowest BCUT2D eigenvalue weighted by Gasteiger charge is -2.23. The molecule has 0 aliphatic heterocycles. The first kappa shape index (κ1) is 25.8. The van der Waals surface area contributed by atoms with Crippen LogP contribution in [0.4, 0.5) is 14.6 Å². The number of alkyl halides is 2. The highest BCUT2D eigenvalue weighted by atomic mass is 32.2. The molecule has 6 nitrogen and oxygen atoms in total. The molecule has 0 bridgehead atoms. The Morgan fingerprint density at radius 3 is 2.47 bits per heavy atom. The summed E-state index contributed by atoms with van der Waals surface area (Å²) in [5.74, 6) is 1.77. The van der Waals surface area contributed by atoms with E-state index in [-0.39, 0.29) is 5.56 Å². The number of benzene rings is 2. The fourth-order valence-corrected chi connectivity index (χ4v) is 5.35. The molecule has 1 N–H and O–H groups in total. The number of aryl methyl sites for hydroxylation is 2. The topological polar surface area (TPSA) is 62.5 Å². The van der Waals surface area contributed by atoms with E-state index in [0.717, 1.165) is 40.8 Å². The van der Waals surface area contributed by atoms with Gasteiger partial charge in [-0.1, -0.05) is 36.4 Å². The molecule has 9 heteroatoms. The SMILES string of the molecule is C=S(=O)(c1ccc(C(C)(F)F)cc1)N(C)CCCNc1cc(-c2ccccc2C)nc2c(C)cnn12. The van der Waals surface area contributed by atoms with Crippen molar-refractivity contribution in [1.82, 2.24) is 18.9 Å². The number of halogens is 2. The fourth-order valence-electron chi connectivity index (χ4n) is 4.00. The zero-order chi connectivity index (χ0) is 26.1. The van der Waals surface area contributed by atoms with Crippen molar-refractivity contribution < 1.29 is 13.0 Å². The standard InChI is InChI=1S/C27H31F2N5OS/c1-19-9-6-7-10-23(19)24-17-25(34-26(32-24)20(2)18-31-34)30-15-8-16-33(4)36(5,35)22-13-11-21(12-14-22)27(3,28)29/h6-7,9-14,17-18,30H,5,8,15-16H2,1-4H3. The van der Waals surface area contributed by atoms with E-state index in [1.54, 1.807) is 22.1 Å².